The number of hydrogen-bond acceptors (Lipinski definition) is 3. The zero-order chi connectivity index (χ0) is 20.7. The van der Waals surface area contributed by atoms with Gasteiger partial charge in [-0.2, -0.15) is 0 Å². The lowest BCUT2D eigenvalue weighted by Crippen LogP contribution is -2.25. The van der Waals surface area contributed by atoms with Gasteiger partial charge in [0.25, 0.3) is 0 Å². The van der Waals surface area contributed by atoms with Crippen LogP contribution in [0.15, 0.2) is 59.5 Å². The number of imidazole rings is 1. The number of H-pyrrole nitrogens is 1. The van der Waals surface area contributed by atoms with Crippen LogP contribution in [0.25, 0.3) is 11.4 Å². The SMILES string of the molecule is Cc1cccc(Cc2ncc(Cn3nc(-c4ccc(Cl)cc4)n(C4CC4)c3=O)[nH]2)c1. The van der Waals surface area contributed by atoms with Crippen LogP contribution in [0.4, 0.5) is 0 Å². The molecule has 2 aromatic carbocycles. The highest BCUT2D eigenvalue weighted by molar-refractivity contribution is 6.30. The van der Waals surface area contributed by atoms with Crippen LogP contribution in [0.3, 0.4) is 0 Å². The van der Waals surface area contributed by atoms with Crippen LogP contribution in [0, 0.1) is 6.92 Å². The molecule has 6 nitrogen and oxygen atoms in total. The maximum absolute atomic E-state index is 13.1. The summed E-state index contributed by atoms with van der Waals surface area (Å²) in [7, 11) is 0. The Morgan fingerprint density at radius 2 is 1.97 bits per heavy atom. The molecule has 1 aliphatic carbocycles. The minimum Gasteiger partial charge on any atom is -0.344 e. The molecule has 2 heterocycles. The summed E-state index contributed by atoms with van der Waals surface area (Å²) in [6.45, 7) is 2.44. The van der Waals surface area contributed by atoms with E-state index in [1.54, 1.807) is 6.20 Å². The second-order valence-electron chi connectivity index (χ2n) is 7.89. The van der Waals surface area contributed by atoms with Crippen molar-refractivity contribution in [3.05, 3.63) is 92.9 Å². The summed E-state index contributed by atoms with van der Waals surface area (Å²) < 4.78 is 3.33. The van der Waals surface area contributed by atoms with Crippen molar-refractivity contribution in [2.45, 2.75) is 38.8 Å². The molecule has 0 amide bonds. The number of aromatic amines is 1. The lowest BCUT2D eigenvalue weighted by Gasteiger charge is -2.03. The zero-order valence-corrected chi connectivity index (χ0v) is 17.4. The summed E-state index contributed by atoms with van der Waals surface area (Å²) in [6.07, 6.45) is 4.53. The predicted octanol–water partition coefficient (Wildman–Crippen LogP) is 4.37. The van der Waals surface area contributed by atoms with Crippen molar-refractivity contribution in [2.24, 2.45) is 0 Å². The molecule has 4 aromatic rings. The fourth-order valence-electron chi connectivity index (χ4n) is 3.73. The van der Waals surface area contributed by atoms with Gasteiger partial charge in [0, 0.05) is 23.0 Å². The largest absolute Gasteiger partial charge is 0.346 e. The zero-order valence-electron chi connectivity index (χ0n) is 16.7. The van der Waals surface area contributed by atoms with E-state index in [1.165, 1.54) is 15.8 Å². The Morgan fingerprint density at radius 1 is 1.17 bits per heavy atom. The minimum atomic E-state index is -0.0858. The smallest absolute Gasteiger partial charge is 0.344 e. The molecule has 0 saturated heterocycles. The van der Waals surface area contributed by atoms with Gasteiger partial charge in [-0.25, -0.2) is 14.5 Å². The van der Waals surface area contributed by atoms with Crippen molar-refractivity contribution in [3.8, 4) is 11.4 Å². The first-order chi connectivity index (χ1) is 14.6. The molecule has 2 aromatic heterocycles. The van der Waals surface area contributed by atoms with Gasteiger partial charge in [0.1, 0.15) is 5.82 Å². The van der Waals surface area contributed by atoms with E-state index in [1.807, 2.05) is 28.8 Å². The highest BCUT2D eigenvalue weighted by Gasteiger charge is 2.30. The Balaban J connectivity index is 1.41. The van der Waals surface area contributed by atoms with E-state index in [2.05, 4.69) is 46.3 Å². The van der Waals surface area contributed by atoms with Crippen LogP contribution >= 0.6 is 11.6 Å². The van der Waals surface area contributed by atoms with Crippen LogP contribution < -0.4 is 5.69 Å². The van der Waals surface area contributed by atoms with E-state index in [-0.39, 0.29) is 11.7 Å². The van der Waals surface area contributed by atoms with E-state index in [0.29, 0.717) is 17.4 Å². The molecule has 30 heavy (non-hydrogen) atoms. The molecule has 7 heteroatoms. The number of nitrogens with one attached hydrogen (secondary N) is 1. The average Bonchev–Trinajstić information content (AvgIpc) is 3.38. The third-order valence-electron chi connectivity index (χ3n) is 5.34. The van der Waals surface area contributed by atoms with Gasteiger partial charge < -0.3 is 4.98 Å². The molecule has 0 bridgehead atoms. The molecule has 0 atom stereocenters. The number of nitrogens with zero attached hydrogens (tertiary/aromatic N) is 4. The molecule has 0 aliphatic heterocycles. The Bertz CT molecular complexity index is 1250. The maximum Gasteiger partial charge on any atom is 0.346 e. The normalized spacial score (nSPS) is 13.7. The summed E-state index contributed by atoms with van der Waals surface area (Å²) in [4.78, 5) is 20.9. The van der Waals surface area contributed by atoms with Crippen LogP contribution in [0.5, 0.6) is 0 Å². The first-order valence-corrected chi connectivity index (χ1v) is 10.5. The molecule has 1 N–H and O–H groups in total. The highest BCUT2D eigenvalue weighted by atomic mass is 35.5. The molecule has 1 saturated carbocycles. The molecular formula is C23H22ClN5O. The molecule has 5 rings (SSSR count). The fourth-order valence-corrected chi connectivity index (χ4v) is 3.86. The van der Waals surface area contributed by atoms with Gasteiger partial charge in [-0.05, 0) is 49.6 Å². The van der Waals surface area contributed by atoms with Crippen LogP contribution in [0.2, 0.25) is 5.02 Å². The number of halogens is 1. The van der Waals surface area contributed by atoms with Crippen molar-refractivity contribution in [3.63, 3.8) is 0 Å². The van der Waals surface area contributed by atoms with Crippen LogP contribution in [0.1, 0.15) is 41.5 Å². The van der Waals surface area contributed by atoms with Crippen LogP contribution in [-0.2, 0) is 13.0 Å². The van der Waals surface area contributed by atoms with E-state index in [9.17, 15) is 4.79 Å². The van der Waals surface area contributed by atoms with Gasteiger partial charge >= 0.3 is 5.69 Å². The van der Waals surface area contributed by atoms with Crippen molar-refractivity contribution in [1.29, 1.82) is 0 Å². The van der Waals surface area contributed by atoms with E-state index < -0.39 is 0 Å². The lowest BCUT2D eigenvalue weighted by atomic mass is 10.1. The molecule has 152 valence electrons. The van der Waals surface area contributed by atoms with E-state index in [4.69, 9.17) is 11.6 Å². The number of hydrogen-bond donors (Lipinski definition) is 1. The van der Waals surface area contributed by atoms with E-state index in [0.717, 1.165) is 36.3 Å². The predicted molar refractivity (Wildman–Crippen MR) is 117 cm³/mol. The lowest BCUT2D eigenvalue weighted by molar-refractivity contribution is 0.618. The molecule has 0 unspecified atom stereocenters. The quantitative estimate of drug-likeness (QED) is 0.504. The summed E-state index contributed by atoms with van der Waals surface area (Å²) in [5, 5.41) is 5.31. The summed E-state index contributed by atoms with van der Waals surface area (Å²) in [5.41, 5.74) is 4.11. The first kappa shape index (κ1) is 18.9. The number of aromatic nitrogens is 5. The van der Waals surface area contributed by atoms with Crippen molar-refractivity contribution in [1.82, 2.24) is 24.3 Å². The van der Waals surface area contributed by atoms with Crippen LogP contribution in [-0.4, -0.2) is 24.3 Å². The van der Waals surface area contributed by atoms with Crippen molar-refractivity contribution in [2.75, 3.05) is 0 Å². The monoisotopic (exact) mass is 419 g/mol. The van der Waals surface area contributed by atoms with E-state index >= 15 is 0 Å². The second-order valence-corrected chi connectivity index (χ2v) is 8.33. The van der Waals surface area contributed by atoms with Gasteiger partial charge in [0.15, 0.2) is 5.82 Å². The molecular weight excluding hydrogens is 398 g/mol. The Morgan fingerprint density at radius 3 is 2.70 bits per heavy atom. The Kier molecular flexibility index (Phi) is 4.79. The molecule has 0 radical (unpaired) electrons. The fraction of sp³-hybridized carbons (Fsp3) is 0.261. The maximum atomic E-state index is 13.1. The number of benzene rings is 2. The third kappa shape index (κ3) is 3.83. The molecule has 1 fully saturated rings. The van der Waals surface area contributed by atoms with Gasteiger partial charge in [-0.15, -0.1) is 5.10 Å². The number of rotatable bonds is 6. The molecule has 1 aliphatic rings. The van der Waals surface area contributed by atoms with Gasteiger partial charge in [0.2, 0.25) is 0 Å². The third-order valence-corrected chi connectivity index (χ3v) is 5.59. The minimum absolute atomic E-state index is 0.0858. The molecule has 0 spiro atoms. The Hall–Kier alpha value is -3.12. The number of aryl methyl sites for hydroxylation is 1. The second kappa shape index (κ2) is 7.61. The topological polar surface area (TPSA) is 68.5 Å². The summed E-state index contributed by atoms with van der Waals surface area (Å²) >= 11 is 6.02. The summed E-state index contributed by atoms with van der Waals surface area (Å²) in [5.74, 6) is 1.57. The average molecular weight is 420 g/mol. The Labute approximate surface area is 179 Å². The van der Waals surface area contributed by atoms with Gasteiger partial charge in [-0.1, -0.05) is 41.4 Å². The van der Waals surface area contributed by atoms with Crippen molar-refractivity contribution < 1.29 is 0 Å². The van der Waals surface area contributed by atoms with Gasteiger partial charge in [-0.3, -0.25) is 4.57 Å². The van der Waals surface area contributed by atoms with Crippen molar-refractivity contribution >= 4 is 11.6 Å². The highest BCUT2D eigenvalue weighted by Crippen LogP contribution is 2.36. The standard InChI is InChI=1S/C23H22ClN5O/c1-15-3-2-4-16(11-15)12-21-25-13-19(26-21)14-28-23(30)29(20-9-10-20)22(27-28)17-5-7-18(24)8-6-17/h2-8,11,13,20H,9-10,12,14H2,1H3,(H,25,26). The summed E-state index contributed by atoms with van der Waals surface area (Å²) in [6, 6.07) is 16.1. The van der Waals surface area contributed by atoms with Gasteiger partial charge in [0.05, 0.1) is 18.4 Å². The first-order valence-electron chi connectivity index (χ1n) is 10.1.